The van der Waals surface area contributed by atoms with Gasteiger partial charge >= 0.3 is 5.97 Å². The highest BCUT2D eigenvalue weighted by atomic mass is 16.5. The fraction of sp³-hybridized carbons (Fsp3) is 0.176. The molecule has 108 valence electrons. The van der Waals surface area contributed by atoms with E-state index in [1.807, 2.05) is 42.5 Å². The first-order chi connectivity index (χ1) is 10.1. The average Bonchev–Trinajstić information content (AvgIpc) is 2.46. The van der Waals surface area contributed by atoms with Crippen LogP contribution >= 0.6 is 0 Å². The Hall–Kier alpha value is -2.62. The first-order valence-corrected chi connectivity index (χ1v) is 6.75. The molecule has 0 aliphatic heterocycles. The number of esters is 1. The van der Waals surface area contributed by atoms with Gasteiger partial charge in [0.1, 0.15) is 5.70 Å². The Balaban J connectivity index is 2.38. The second kappa shape index (κ2) is 6.70. The standard InChI is InChI=1S/C17H17NO3/c1-3-21-17(20)16(18-12(2)19)11-13-8-9-14-6-4-5-7-15(14)10-13/h4-11H,3H2,1-2H3,(H,18,19). The predicted octanol–water partition coefficient (Wildman–Crippen LogP) is 2.88. The fourth-order valence-electron chi connectivity index (χ4n) is 2.01. The molecule has 0 bridgehead atoms. The van der Waals surface area contributed by atoms with Gasteiger partial charge in [0.2, 0.25) is 5.91 Å². The van der Waals surface area contributed by atoms with E-state index < -0.39 is 5.97 Å². The van der Waals surface area contributed by atoms with E-state index in [1.54, 1.807) is 13.0 Å². The number of amides is 1. The van der Waals surface area contributed by atoms with E-state index in [4.69, 9.17) is 4.74 Å². The lowest BCUT2D eigenvalue weighted by molar-refractivity contribution is -0.139. The molecule has 0 aliphatic rings. The molecule has 0 unspecified atom stereocenters. The molecule has 4 heteroatoms. The Labute approximate surface area is 123 Å². The second-order valence-corrected chi connectivity index (χ2v) is 4.57. The molecule has 0 saturated heterocycles. The third-order valence-corrected chi connectivity index (χ3v) is 2.89. The average molecular weight is 283 g/mol. The molecule has 21 heavy (non-hydrogen) atoms. The number of carbonyl (C=O) groups excluding carboxylic acids is 2. The zero-order chi connectivity index (χ0) is 15.2. The smallest absolute Gasteiger partial charge is 0.354 e. The molecule has 0 aromatic heterocycles. The van der Waals surface area contributed by atoms with Crippen molar-refractivity contribution in [3.63, 3.8) is 0 Å². The maximum Gasteiger partial charge on any atom is 0.354 e. The van der Waals surface area contributed by atoms with E-state index >= 15 is 0 Å². The third kappa shape index (κ3) is 3.92. The molecule has 0 spiro atoms. The van der Waals surface area contributed by atoms with Crippen LogP contribution in [0.2, 0.25) is 0 Å². The van der Waals surface area contributed by atoms with Crippen molar-refractivity contribution in [1.29, 1.82) is 0 Å². The van der Waals surface area contributed by atoms with Gasteiger partial charge in [-0.05, 0) is 35.4 Å². The summed E-state index contributed by atoms with van der Waals surface area (Å²) >= 11 is 0. The molecular formula is C17H17NO3. The summed E-state index contributed by atoms with van der Waals surface area (Å²) in [6.45, 7) is 3.33. The molecule has 0 heterocycles. The third-order valence-electron chi connectivity index (χ3n) is 2.89. The molecule has 2 aromatic rings. The molecule has 4 nitrogen and oxygen atoms in total. The summed E-state index contributed by atoms with van der Waals surface area (Å²) in [6.07, 6.45) is 1.62. The monoisotopic (exact) mass is 283 g/mol. The lowest BCUT2D eigenvalue weighted by Gasteiger charge is -2.08. The lowest BCUT2D eigenvalue weighted by atomic mass is 10.1. The maximum absolute atomic E-state index is 11.8. The fourth-order valence-corrected chi connectivity index (χ4v) is 2.01. The molecular weight excluding hydrogens is 266 g/mol. The normalized spacial score (nSPS) is 11.2. The van der Waals surface area contributed by atoms with Crippen LogP contribution < -0.4 is 5.32 Å². The minimum atomic E-state index is -0.541. The number of rotatable bonds is 4. The van der Waals surface area contributed by atoms with Crippen LogP contribution in [0.15, 0.2) is 48.2 Å². The van der Waals surface area contributed by atoms with Gasteiger partial charge in [-0.25, -0.2) is 4.79 Å². The Morgan fingerprint density at radius 3 is 2.52 bits per heavy atom. The highest BCUT2D eigenvalue weighted by Gasteiger charge is 2.12. The van der Waals surface area contributed by atoms with Gasteiger partial charge in [0.25, 0.3) is 0 Å². The molecule has 1 amide bonds. The van der Waals surface area contributed by atoms with Gasteiger partial charge in [0, 0.05) is 6.92 Å². The second-order valence-electron chi connectivity index (χ2n) is 4.57. The minimum absolute atomic E-state index is 0.139. The highest BCUT2D eigenvalue weighted by molar-refractivity contribution is 5.98. The minimum Gasteiger partial charge on any atom is -0.461 e. The summed E-state index contributed by atoms with van der Waals surface area (Å²) in [4.78, 5) is 23.0. The highest BCUT2D eigenvalue weighted by Crippen LogP contribution is 2.17. The SMILES string of the molecule is CCOC(=O)C(=Cc1ccc2ccccc2c1)NC(C)=O. The predicted molar refractivity (Wildman–Crippen MR) is 82.4 cm³/mol. The number of ether oxygens (including phenoxy) is 1. The lowest BCUT2D eigenvalue weighted by Crippen LogP contribution is -2.26. The van der Waals surface area contributed by atoms with Crippen molar-refractivity contribution >= 4 is 28.7 Å². The number of hydrogen-bond donors (Lipinski definition) is 1. The van der Waals surface area contributed by atoms with Crippen LogP contribution in [0.5, 0.6) is 0 Å². The number of fused-ring (bicyclic) bond motifs is 1. The zero-order valence-electron chi connectivity index (χ0n) is 12.1. The van der Waals surface area contributed by atoms with Crippen molar-refractivity contribution in [2.24, 2.45) is 0 Å². The maximum atomic E-state index is 11.8. The van der Waals surface area contributed by atoms with Gasteiger partial charge in [0.15, 0.2) is 0 Å². The van der Waals surface area contributed by atoms with Crippen LogP contribution in [-0.4, -0.2) is 18.5 Å². The number of hydrogen-bond acceptors (Lipinski definition) is 3. The Bertz CT molecular complexity index is 704. The van der Waals surface area contributed by atoms with Crippen molar-refractivity contribution in [1.82, 2.24) is 5.32 Å². The van der Waals surface area contributed by atoms with Gasteiger partial charge in [-0.15, -0.1) is 0 Å². The summed E-state index contributed by atoms with van der Waals surface area (Å²) in [6, 6.07) is 13.8. The van der Waals surface area contributed by atoms with E-state index in [0.29, 0.717) is 0 Å². The topological polar surface area (TPSA) is 55.4 Å². The summed E-state index contributed by atoms with van der Waals surface area (Å²) < 4.78 is 4.94. The zero-order valence-corrected chi connectivity index (χ0v) is 12.1. The van der Waals surface area contributed by atoms with E-state index in [2.05, 4.69) is 5.32 Å². The van der Waals surface area contributed by atoms with Crippen LogP contribution in [0.4, 0.5) is 0 Å². The van der Waals surface area contributed by atoms with Gasteiger partial charge < -0.3 is 10.1 Å². The van der Waals surface area contributed by atoms with Crippen LogP contribution in [0.25, 0.3) is 16.8 Å². The number of carbonyl (C=O) groups is 2. The van der Waals surface area contributed by atoms with Gasteiger partial charge in [-0.2, -0.15) is 0 Å². The van der Waals surface area contributed by atoms with Gasteiger partial charge in [-0.1, -0.05) is 36.4 Å². The van der Waals surface area contributed by atoms with Crippen molar-refractivity contribution in [2.75, 3.05) is 6.61 Å². The van der Waals surface area contributed by atoms with E-state index in [9.17, 15) is 9.59 Å². The molecule has 1 N–H and O–H groups in total. The largest absolute Gasteiger partial charge is 0.461 e. The summed E-state index contributed by atoms with van der Waals surface area (Å²) in [5, 5.41) is 4.69. The Kier molecular flexibility index (Phi) is 4.72. The van der Waals surface area contributed by atoms with Crippen molar-refractivity contribution < 1.29 is 14.3 Å². The summed E-state index contributed by atoms with van der Waals surface area (Å²) in [7, 11) is 0. The molecule has 0 atom stereocenters. The summed E-state index contributed by atoms with van der Waals surface area (Å²) in [5.74, 6) is -0.851. The van der Waals surface area contributed by atoms with Gasteiger partial charge in [0.05, 0.1) is 6.61 Å². The molecule has 0 aliphatic carbocycles. The Morgan fingerprint density at radius 1 is 1.14 bits per heavy atom. The van der Waals surface area contributed by atoms with Crippen molar-refractivity contribution in [2.45, 2.75) is 13.8 Å². The first-order valence-electron chi connectivity index (χ1n) is 6.75. The number of benzene rings is 2. The van der Waals surface area contributed by atoms with E-state index in [1.165, 1.54) is 6.92 Å². The molecule has 0 saturated carbocycles. The molecule has 0 radical (unpaired) electrons. The first kappa shape index (κ1) is 14.8. The van der Waals surface area contributed by atoms with Crippen LogP contribution in [0, 0.1) is 0 Å². The molecule has 2 aromatic carbocycles. The van der Waals surface area contributed by atoms with Crippen molar-refractivity contribution in [3.8, 4) is 0 Å². The van der Waals surface area contributed by atoms with Gasteiger partial charge in [-0.3, -0.25) is 4.79 Å². The van der Waals surface area contributed by atoms with Crippen LogP contribution in [-0.2, 0) is 14.3 Å². The molecule has 0 fully saturated rings. The van der Waals surface area contributed by atoms with Crippen LogP contribution in [0.1, 0.15) is 19.4 Å². The van der Waals surface area contributed by atoms with E-state index in [-0.39, 0.29) is 18.2 Å². The van der Waals surface area contributed by atoms with E-state index in [0.717, 1.165) is 16.3 Å². The quantitative estimate of drug-likeness (QED) is 0.693. The number of nitrogens with one attached hydrogen (secondary N) is 1. The Morgan fingerprint density at radius 2 is 1.86 bits per heavy atom. The van der Waals surface area contributed by atoms with Crippen LogP contribution in [0.3, 0.4) is 0 Å². The summed E-state index contributed by atoms with van der Waals surface area (Å²) in [5.41, 5.74) is 0.963. The molecule has 2 rings (SSSR count). The van der Waals surface area contributed by atoms with Crippen molar-refractivity contribution in [3.05, 3.63) is 53.7 Å².